The zero-order chi connectivity index (χ0) is 14.2. The summed E-state index contributed by atoms with van der Waals surface area (Å²) in [6.07, 6.45) is 4.35. The van der Waals surface area contributed by atoms with Crippen LogP contribution < -0.4 is 10.6 Å². The van der Waals surface area contributed by atoms with E-state index in [9.17, 15) is 9.18 Å². The summed E-state index contributed by atoms with van der Waals surface area (Å²) in [5, 5.41) is 5.74. The molecular weight excluding hydrogens is 257 g/mol. The van der Waals surface area contributed by atoms with Crippen LogP contribution in [0.4, 0.5) is 10.1 Å². The second-order valence-corrected chi connectivity index (χ2v) is 4.34. The van der Waals surface area contributed by atoms with Crippen LogP contribution in [0.3, 0.4) is 0 Å². The summed E-state index contributed by atoms with van der Waals surface area (Å²) in [5.74, 6) is -0.472. The zero-order valence-electron chi connectivity index (χ0n) is 11.0. The maximum atomic E-state index is 12.7. The Hall–Kier alpha value is -2.27. The average molecular weight is 273 g/mol. The van der Waals surface area contributed by atoms with Crippen molar-refractivity contribution >= 4 is 11.6 Å². The van der Waals surface area contributed by atoms with Crippen molar-refractivity contribution in [3.63, 3.8) is 0 Å². The van der Waals surface area contributed by atoms with Gasteiger partial charge in [0.15, 0.2) is 0 Å². The van der Waals surface area contributed by atoms with Gasteiger partial charge in [-0.05, 0) is 48.9 Å². The second kappa shape index (κ2) is 7.35. The molecule has 0 atom stereocenters. The van der Waals surface area contributed by atoms with Crippen molar-refractivity contribution in [3.8, 4) is 0 Å². The van der Waals surface area contributed by atoms with E-state index in [4.69, 9.17) is 0 Å². The molecule has 1 aromatic heterocycles. The normalized spacial score (nSPS) is 10.2. The number of pyridine rings is 1. The van der Waals surface area contributed by atoms with Gasteiger partial charge in [-0.15, -0.1) is 0 Å². The largest absolute Gasteiger partial charge is 0.325 e. The van der Waals surface area contributed by atoms with E-state index in [1.54, 1.807) is 12.4 Å². The first-order chi connectivity index (χ1) is 9.74. The number of anilines is 1. The molecule has 2 N–H and O–H groups in total. The first kappa shape index (κ1) is 14.1. The first-order valence-corrected chi connectivity index (χ1v) is 6.39. The van der Waals surface area contributed by atoms with Crippen LogP contribution in [0.1, 0.15) is 5.56 Å². The Morgan fingerprint density at radius 1 is 1.20 bits per heavy atom. The molecule has 1 heterocycles. The van der Waals surface area contributed by atoms with E-state index in [0.717, 1.165) is 12.0 Å². The number of aromatic nitrogens is 1. The number of hydrogen-bond acceptors (Lipinski definition) is 3. The van der Waals surface area contributed by atoms with Crippen LogP contribution >= 0.6 is 0 Å². The molecule has 1 aromatic carbocycles. The number of amides is 1. The van der Waals surface area contributed by atoms with Crippen LogP contribution in [0.25, 0.3) is 0 Å². The molecule has 0 aliphatic carbocycles. The Bertz CT molecular complexity index is 543. The van der Waals surface area contributed by atoms with E-state index in [0.29, 0.717) is 12.2 Å². The molecular formula is C15H16FN3O. The maximum absolute atomic E-state index is 12.7. The third-order valence-electron chi connectivity index (χ3n) is 2.73. The fourth-order valence-corrected chi connectivity index (χ4v) is 1.72. The number of carbonyl (C=O) groups is 1. The molecule has 0 aliphatic heterocycles. The minimum Gasteiger partial charge on any atom is -0.325 e. The molecule has 104 valence electrons. The standard InChI is InChI=1S/C15H16FN3O/c16-13-3-5-14(6-4-13)19-15(20)11-18-9-7-12-2-1-8-17-10-12/h1-6,8,10,18H,7,9,11H2,(H,19,20). The van der Waals surface area contributed by atoms with E-state index in [2.05, 4.69) is 15.6 Å². The molecule has 5 heteroatoms. The average Bonchev–Trinajstić information content (AvgIpc) is 2.47. The Kier molecular flexibility index (Phi) is 5.20. The predicted molar refractivity (Wildman–Crippen MR) is 75.8 cm³/mol. The highest BCUT2D eigenvalue weighted by molar-refractivity contribution is 5.92. The minimum absolute atomic E-state index is 0.150. The molecule has 1 amide bonds. The van der Waals surface area contributed by atoms with E-state index < -0.39 is 0 Å². The van der Waals surface area contributed by atoms with Gasteiger partial charge in [0.25, 0.3) is 0 Å². The summed E-state index contributed by atoms with van der Waals surface area (Å²) in [4.78, 5) is 15.7. The summed E-state index contributed by atoms with van der Waals surface area (Å²) in [6.45, 7) is 0.917. The molecule has 2 rings (SSSR count). The van der Waals surface area contributed by atoms with Gasteiger partial charge < -0.3 is 10.6 Å². The minimum atomic E-state index is -0.322. The van der Waals surface area contributed by atoms with Crippen molar-refractivity contribution in [2.24, 2.45) is 0 Å². The molecule has 0 saturated carbocycles. The highest BCUT2D eigenvalue weighted by Gasteiger charge is 2.02. The third-order valence-corrected chi connectivity index (χ3v) is 2.73. The number of rotatable bonds is 6. The number of hydrogen-bond donors (Lipinski definition) is 2. The van der Waals surface area contributed by atoms with Crippen LogP contribution in [-0.4, -0.2) is 24.0 Å². The molecule has 0 aliphatic rings. The van der Waals surface area contributed by atoms with E-state index in [1.165, 1.54) is 24.3 Å². The zero-order valence-corrected chi connectivity index (χ0v) is 11.0. The Labute approximate surface area is 117 Å². The van der Waals surface area contributed by atoms with Crippen molar-refractivity contribution in [3.05, 3.63) is 60.2 Å². The number of nitrogens with one attached hydrogen (secondary N) is 2. The van der Waals surface area contributed by atoms with Gasteiger partial charge in [-0.3, -0.25) is 9.78 Å². The van der Waals surface area contributed by atoms with Crippen molar-refractivity contribution in [1.29, 1.82) is 0 Å². The molecule has 0 spiro atoms. The maximum Gasteiger partial charge on any atom is 0.238 e. The van der Waals surface area contributed by atoms with Gasteiger partial charge in [-0.25, -0.2) is 4.39 Å². The molecule has 20 heavy (non-hydrogen) atoms. The Morgan fingerprint density at radius 2 is 2.00 bits per heavy atom. The summed E-state index contributed by atoms with van der Waals surface area (Å²) in [7, 11) is 0. The fourth-order valence-electron chi connectivity index (χ4n) is 1.72. The number of halogens is 1. The lowest BCUT2D eigenvalue weighted by Crippen LogP contribution is -2.29. The highest BCUT2D eigenvalue weighted by Crippen LogP contribution is 2.07. The molecule has 0 radical (unpaired) electrons. The Morgan fingerprint density at radius 3 is 2.70 bits per heavy atom. The number of carbonyl (C=O) groups excluding carboxylic acids is 1. The molecule has 4 nitrogen and oxygen atoms in total. The van der Waals surface area contributed by atoms with Crippen LogP contribution in [0.15, 0.2) is 48.8 Å². The van der Waals surface area contributed by atoms with Gasteiger partial charge in [-0.1, -0.05) is 6.07 Å². The molecule has 0 bridgehead atoms. The first-order valence-electron chi connectivity index (χ1n) is 6.39. The van der Waals surface area contributed by atoms with E-state index >= 15 is 0 Å². The van der Waals surface area contributed by atoms with Gasteiger partial charge in [0.1, 0.15) is 5.82 Å². The van der Waals surface area contributed by atoms with Crippen molar-refractivity contribution < 1.29 is 9.18 Å². The van der Waals surface area contributed by atoms with Crippen LogP contribution in [-0.2, 0) is 11.2 Å². The predicted octanol–water partition coefficient (Wildman–Crippen LogP) is 1.99. The lowest BCUT2D eigenvalue weighted by atomic mass is 10.2. The second-order valence-electron chi connectivity index (χ2n) is 4.34. The topological polar surface area (TPSA) is 54.0 Å². The lowest BCUT2D eigenvalue weighted by Gasteiger charge is -2.06. The molecule has 0 unspecified atom stereocenters. The smallest absolute Gasteiger partial charge is 0.238 e. The van der Waals surface area contributed by atoms with Crippen LogP contribution in [0.5, 0.6) is 0 Å². The lowest BCUT2D eigenvalue weighted by molar-refractivity contribution is -0.115. The highest BCUT2D eigenvalue weighted by atomic mass is 19.1. The quantitative estimate of drug-likeness (QED) is 0.791. The monoisotopic (exact) mass is 273 g/mol. The number of benzene rings is 1. The van der Waals surface area contributed by atoms with Crippen molar-refractivity contribution in [2.75, 3.05) is 18.4 Å². The van der Waals surface area contributed by atoms with Crippen LogP contribution in [0.2, 0.25) is 0 Å². The number of nitrogens with zero attached hydrogens (tertiary/aromatic N) is 1. The fraction of sp³-hybridized carbons (Fsp3) is 0.200. The molecule has 0 fully saturated rings. The third kappa shape index (κ3) is 4.78. The SMILES string of the molecule is O=C(CNCCc1cccnc1)Nc1ccc(F)cc1. The van der Waals surface area contributed by atoms with Gasteiger partial charge in [0.05, 0.1) is 6.54 Å². The van der Waals surface area contributed by atoms with Crippen molar-refractivity contribution in [2.45, 2.75) is 6.42 Å². The van der Waals surface area contributed by atoms with Gasteiger partial charge in [0, 0.05) is 18.1 Å². The molecule has 0 saturated heterocycles. The summed E-state index contributed by atoms with van der Waals surface area (Å²) in [6, 6.07) is 9.56. The Balaban J connectivity index is 1.66. The van der Waals surface area contributed by atoms with Crippen molar-refractivity contribution in [1.82, 2.24) is 10.3 Å². The van der Waals surface area contributed by atoms with E-state index in [1.807, 2.05) is 12.1 Å². The van der Waals surface area contributed by atoms with Gasteiger partial charge in [0.2, 0.25) is 5.91 Å². The van der Waals surface area contributed by atoms with Crippen LogP contribution in [0, 0.1) is 5.82 Å². The summed E-state index contributed by atoms with van der Waals surface area (Å²) >= 11 is 0. The van der Waals surface area contributed by atoms with Gasteiger partial charge in [-0.2, -0.15) is 0 Å². The van der Waals surface area contributed by atoms with Gasteiger partial charge >= 0.3 is 0 Å². The summed E-state index contributed by atoms with van der Waals surface area (Å²) in [5.41, 5.74) is 1.71. The molecule has 2 aromatic rings. The van der Waals surface area contributed by atoms with E-state index in [-0.39, 0.29) is 18.3 Å². The summed E-state index contributed by atoms with van der Waals surface area (Å²) < 4.78 is 12.7.